The van der Waals surface area contributed by atoms with E-state index in [0.717, 1.165) is 0 Å². The molecule has 0 aliphatic carbocycles. The Labute approximate surface area is 268 Å². The molecule has 0 aromatic rings. The van der Waals surface area contributed by atoms with E-state index in [-0.39, 0.29) is 277 Å². The average molecular weight is 784 g/mol. The Bertz CT molecular complexity index is 40.1. The van der Waals surface area contributed by atoms with Gasteiger partial charge in [-0.25, -0.2) is 0 Å². The van der Waals surface area contributed by atoms with Crippen molar-refractivity contribution in [3.63, 3.8) is 0 Å². The van der Waals surface area contributed by atoms with Crippen molar-refractivity contribution in [2.24, 2.45) is 0 Å². The number of hydrogen-bond donors (Lipinski definition) is 0. The van der Waals surface area contributed by atoms with Crippen molar-refractivity contribution < 1.29 is 165 Å². The van der Waals surface area contributed by atoms with Gasteiger partial charge < -0.3 is 5.71 Å². The first kappa shape index (κ1) is 64.9. The summed E-state index contributed by atoms with van der Waals surface area (Å²) in [6.07, 6.45) is 0. The molecule has 0 amide bonds. The maximum Gasteiger partial charge on any atom is 2.00 e. The van der Waals surface area contributed by atoms with Crippen LogP contribution < -0.4 is 0 Å². The second kappa shape index (κ2) is 54.1. The third-order valence-electron chi connectivity index (χ3n) is 0. The Balaban J connectivity index is 0. The van der Waals surface area contributed by atoms with Crippen LogP contribution in [0, 0.1) is 77.3 Å². The first-order valence-corrected chi connectivity index (χ1v) is 0. The van der Waals surface area contributed by atoms with Crippen LogP contribution in [0.2, 0.25) is 0 Å². The van der Waals surface area contributed by atoms with E-state index in [2.05, 4.69) is 0 Å². The van der Waals surface area contributed by atoms with Crippen molar-refractivity contribution in [1.82, 2.24) is 0 Å². The van der Waals surface area contributed by atoms with E-state index in [1.54, 1.807) is 0 Å². The molecule has 0 unspecified atom stereocenters. The van der Waals surface area contributed by atoms with Gasteiger partial charge in [-0.1, -0.05) is 0 Å². The van der Waals surface area contributed by atoms with Gasteiger partial charge in [0.2, 0.25) is 0 Å². The van der Waals surface area contributed by atoms with Crippen LogP contribution in [-0.2, 0) is 82.4 Å². The van der Waals surface area contributed by atoms with Crippen LogP contribution in [0.5, 0.6) is 0 Å². The smallest absolute Gasteiger partial charge is 1.00 e. The molecule has 0 aliphatic heterocycles. The summed E-state index contributed by atoms with van der Waals surface area (Å²) in [5.41, 5.74) is 0. The van der Waals surface area contributed by atoms with Crippen LogP contribution in [0.4, 0.5) is 0 Å². The van der Waals surface area contributed by atoms with Crippen LogP contribution in [0.15, 0.2) is 0 Å². The molecule has 0 saturated heterocycles. The van der Waals surface area contributed by atoms with Crippen molar-refractivity contribution in [2.75, 3.05) is 0 Å². The van der Waals surface area contributed by atoms with E-state index < -0.39 is 0 Å². The van der Waals surface area contributed by atoms with Crippen molar-refractivity contribution in [3.8, 4) is 0 Å². The normalized spacial score (nSPS) is 0. The molecule has 0 aliphatic rings. The summed E-state index contributed by atoms with van der Waals surface area (Å²) >= 11 is 0. The maximum absolute atomic E-state index is 0. The van der Waals surface area contributed by atoms with Gasteiger partial charge in [0.25, 0.3) is 0 Å². The van der Waals surface area contributed by atoms with Gasteiger partial charge in [0.15, 0.2) is 17.4 Å². The van der Waals surface area contributed by atoms with Gasteiger partial charge in [-0.05, 0) is 0 Å². The summed E-state index contributed by atoms with van der Waals surface area (Å²) in [4.78, 5) is 0. The first-order chi connectivity index (χ1) is 0. The third-order valence-corrected chi connectivity index (χ3v) is 0. The minimum Gasteiger partial charge on any atom is -1.00 e. The van der Waals surface area contributed by atoms with Crippen LogP contribution in [-0.4, -0.2) is 112 Å². The van der Waals surface area contributed by atoms with Crippen molar-refractivity contribution in [2.45, 2.75) is 0 Å². The van der Waals surface area contributed by atoms with Gasteiger partial charge >= 0.3 is 94.4 Å². The molecule has 0 aromatic heterocycles. The molecule has 0 heterocycles. The molecule has 0 nitrogen and oxygen atoms in total. The second-order valence-corrected chi connectivity index (χ2v) is 0. The first-order valence-electron chi connectivity index (χ1n) is 0. The molecule has 0 bridgehead atoms. The minimum absolute atomic E-state index is 0. The summed E-state index contributed by atoms with van der Waals surface area (Å²) in [5, 5.41) is 0. The molecular formula is H7AlBaCeCrLaMnSrTiZr. The van der Waals surface area contributed by atoms with Gasteiger partial charge in [0.05, 0.1) is 0 Å². The number of rotatable bonds is 0. The predicted molar refractivity (Wildman–Crippen MR) is 25.9 cm³/mol. The monoisotopic (exact) mass is 783 g/mol. The minimum atomic E-state index is 0. The molecule has 9 heteroatoms. The van der Waals surface area contributed by atoms with E-state index in [4.69, 9.17) is 0 Å². The van der Waals surface area contributed by atoms with Crippen LogP contribution in [0.1, 0.15) is 5.71 Å². The molecule has 9 heavy (non-hydrogen) atoms. The molecule has 0 aromatic carbocycles. The average Bonchev–Trinajstić information content (AvgIpc) is 0. The molecule has 0 saturated carbocycles. The van der Waals surface area contributed by atoms with Gasteiger partial charge in [0, 0.05) is 160 Å². The summed E-state index contributed by atoms with van der Waals surface area (Å²) < 4.78 is 0. The second-order valence-electron chi connectivity index (χ2n) is 0. The third kappa shape index (κ3) is 47.5. The predicted octanol–water partition coefficient (Wildman–Crippen LogP) is -1.51. The van der Waals surface area contributed by atoms with Crippen molar-refractivity contribution >= 4 is 112 Å². The maximum atomic E-state index is 0. The zero-order valence-corrected chi connectivity index (χ0v) is 25.4. The zero-order chi connectivity index (χ0) is 0. The summed E-state index contributed by atoms with van der Waals surface area (Å²) in [6, 6.07) is 0. The standard InChI is InChI=1S/Al.Ba.Ce.Cr.La.Mn.Sr.Ti.Zr.7H/q;+2;;;;;+2;;;;;;4*-1. The van der Waals surface area contributed by atoms with E-state index in [1.807, 2.05) is 0 Å². The van der Waals surface area contributed by atoms with Gasteiger partial charge in [-0.3, -0.25) is 0 Å². The van der Waals surface area contributed by atoms with E-state index in [0.29, 0.717) is 0 Å². The Morgan fingerprint density at radius 1 is 1.11 bits per heavy atom. The molecule has 2 radical (unpaired) electrons. The summed E-state index contributed by atoms with van der Waals surface area (Å²) in [6.45, 7) is 0. The number of hydrogen-bond acceptors (Lipinski definition) is 0. The molecule has 0 atom stereocenters. The van der Waals surface area contributed by atoms with Gasteiger partial charge in [0.1, 0.15) is 0 Å². The van der Waals surface area contributed by atoms with Crippen LogP contribution in [0.25, 0.3) is 0 Å². The van der Waals surface area contributed by atoms with E-state index >= 15 is 0 Å². The summed E-state index contributed by atoms with van der Waals surface area (Å²) in [7, 11) is 0. The fourth-order valence-electron chi connectivity index (χ4n) is 0. The van der Waals surface area contributed by atoms with Crippen molar-refractivity contribution in [1.29, 1.82) is 0 Å². The molecule has 0 spiro atoms. The molecular weight excluding hydrogens is 777 g/mol. The Morgan fingerprint density at radius 2 is 1.11 bits per heavy atom. The topological polar surface area (TPSA) is 0 Å². The molecule has 0 fully saturated rings. The van der Waals surface area contributed by atoms with E-state index in [1.165, 1.54) is 0 Å². The zero-order valence-electron chi connectivity index (χ0n) is 8.28. The van der Waals surface area contributed by atoms with Gasteiger partial charge in [-0.2, -0.15) is 0 Å². The van der Waals surface area contributed by atoms with E-state index in [9.17, 15) is 0 Å². The molecule has 42 valence electrons. The Kier molecular flexibility index (Phi) is 390. The largest absolute Gasteiger partial charge is 2.00 e. The van der Waals surface area contributed by atoms with Gasteiger partial charge in [-0.15, -0.1) is 0 Å². The Hall–Kier alpha value is 8.81. The summed E-state index contributed by atoms with van der Waals surface area (Å²) in [5.74, 6) is 0. The quantitative estimate of drug-likeness (QED) is 0.263. The van der Waals surface area contributed by atoms with Crippen LogP contribution >= 0.6 is 0 Å². The SMILES string of the molecule is [AlH3].[Ba+2].[Ce].[Cr].[H-].[H-].[H-].[H-].[La].[Mn].[Sr+2].[Ti].[Zr]. The fourth-order valence-corrected chi connectivity index (χ4v) is 0. The fraction of sp³-hybridized carbons (Fsp3) is 0. The molecule has 0 rings (SSSR count). The molecule has 0 N–H and O–H groups in total. The Morgan fingerprint density at radius 3 is 1.11 bits per heavy atom. The van der Waals surface area contributed by atoms with Crippen LogP contribution in [0.3, 0.4) is 0 Å². The van der Waals surface area contributed by atoms with Crippen molar-refractivity contribution in [3.05, 3.63) is 0 Å².